The molecule has 3 heterocycles. The number of carbonyl (C=O) groups excluding carboxylic acids is 1. The summed E-state index contributed by atoms with van der Waals surface area (Å²) in [7, 11) is 0. The van der Waals surface area contributed by atoms with Crippen molar-refractivity contribution in [3.63, 3.8) is 0 Å². The number of rotatable bonds is 6. The first-order valence-electron chi connectivity index (χ1n) is 13.6. The predicted octanol–water partition coefficient (Wildman–Crippen LogP) is 7.90. The molecule has 13 heteroatoms. The highest BCUT2D eigenvalue weighted by molar-refractivity contribution is 8.14. The standard InChI is InChI=1S/C31H25F4N5O3S/c1-18-3-12-25-19(2)14-23-16-44-29(40(23)27(25)13-18)37-30(41)42-15-26(32)20-4-6-21(7-5-20)28-36-17-39(38-28)22-8-10-24(11-9-22)43-31(33,34)35/h3-14,17,19,26H,15-16H2,1-2H3/b37-29-. The van der Waals surface area contributed by atoms with Crippen LogP contribution in [0.2, 0.25) is 0 Å². The maximum absolute atomic E-state index is 15.0. The Bertz CT molecular complexity index is 1750. The summed E-state index contributed by atoms with van der Waals surface area (Å²) < 4.78 is 62.6. The van der Waals surface area contributed by atoms with Crippen LogP contribution in [0.15, 0.2) is 89.8 Å². The molecule has 44 heavy (non-hydrogen) atoms. The van der Waals surface area contributed by atoms with Crippen LogP contribution in [0.3, 0.4) is 0 Å². The maximum Gasteiger partial charge on any atom is 0.573 e. The number of halogens is 4. The van der Waals surface area contributed by atoms with Gasteiger partial charge >= 0.3 is 12.5 Å². The van der Waals surface area contributed by atoms with Crippen LogP contribution in [0.5, 0.6) is 5.75 Å². The summed E-state index contributed by atoms with van der Waals surface area (Å²) in [6.07, 6.45) is -3.66. The van der Waals surface area contributed by atoms with Crippen LogP contribution in [-0.4, -0.2) is 44.7 Å². The molecule has 0 saturated carbocycles. The van der Waals surface area contributed by atoms with Gasteiger partial charge in [0.25, 0.3) is 0 Å². The van der Waals surface area contributed by atoms with Crippen molar-refractivity contribution in [3.05, 3.63) is 102 Å². The number of aryl methyl sites for hydroxylation is 1. The molecule has 1 amide bonds. The number of nitrogens with zero attached hydrogens (tertiary/aromatic N) is 5. The van der Waals surface area contributed by atoms with Crippen molar-refractivity contribution < 1.29 is 31.8 Å². The van der Waals surface area contributed by atoms with Crippen molar-refractivity contribution >= 4 is 28.7 Å². The lowest BCUT2D eigenvalue weighted by Gasteiger charge is -2.30. The number of benzene rings is 3. The van der Waals surface area contributed by atoms with Gasteiger partial charge in [0.05, 0.1) is 11.4 Å². The van der Waals surface area contributed by atoms with Gasteiger partial charge in [-0.25, -0.2) is 18.9 Å². The van der Waals surface area contributed by atoms with E-state index in [1.54, 1.807) is 24.3 Å². The third kappa shape index (κ3) is 6.32. The van der Waals surface area contributed by atoms with E-state index in [9.17, 15) is 22.4 Å². The molecule has 4 aromatic rings. The lowest BCUT2D eigenvalue weighted by atomic mass is 9.93. The molecule has 0 spiro atoms. The number of amides is 1. The number of allylic oxidation sites excluding steroid dienone is 1. The molecule has 2 atom stereocenters. The Labute approximate surface area is 254 Å². The third-order valence-corrected chi connectivity index (χ3v) is 8.06. The fourth-order valence-corrected chi connectivity index (χ4v) is 5.96. The van der Waals surface area contributed by atoms with Gasteiger partial charge < -0.3 is 9.47 Å². The molecule has 2 unspecified atom stereocenters. The molecule has 0 aliphatic carbocycles. The van der Waals surface area contributed by atoms with Crippen molar-refractivity contribution in [2.75, 3.05) is 17.3 Å². The third-order valence-electron chi connectivity index (χ3n) is 7.08. The van der Waals surface area contributed by atoms with Crippen LogP contribution in [0.4, 0.5) is 28.0 Å². The number of aliphatic imine (C=N–C) groups is 1. The molecular weight excluding hydrogens is 598 g/mol. The molecule has 1 fully saturated rings. The number of thioether (sulfide) groups is 1. The second-order valence-electron chi connectivity index (χ2n) is 10.2. The molecule has 3 aromatic carbocycles. The Kier molecular flexibility index (Phi) is 7.89. The van der Waals surface area contributed by atoms with Crippen molar-refractivity contribution in [3.8, 4) is 22.8 Å². The number of ether oxygens (including phenoxy) is 2. The molecule has 0 bridgehead atoms. The summed E-state index contributed by atoms with van der Waals surface area (Å²) in [6.45, 7) is 3.64. The van der Waals surface area contributed by atoms with Gasteiger partial charge in [-0.1, -0.05) is 61.2 Å². The number of carbonyl (C=O) groups is 1. The normalized spacial score (nSPS) is 17.6. The van der Waals surface area contributed by atoms with Crippen LogP contribution in [0.1, 0.15) is 35.7 Å². The molecule has 6 rings (SSSR count). The van der Waals surface area contributed by atoms with E-state index < -0.39 is 25.2 Å². The minimum absolute atomic E-state index is 0.247. The van der Waals surface area contributed by atoms with E-state index in [1.807, 2.05) is 11.8 Å². The van der Waals surface area contributed by atoms with Crippen LogP contribution in [0.25, 0.3) is 17.1 Å². The average molecular weight is 624 g/mol. The van der Waals surface area contributed by atoms with E-state index in [0.717, 1.165) is 22.5 Å². The predicted molar refractivity (Wildman–Crippen MR) is 159 cm³/mol. The SMILES string of the molecule is Cc1ccc2c(c1)N1C(=CC2C)CS/C1=N\C(=O)OCC(F)c1ccc(-c2ncn(-c3ccc(OC(F)(F)F)cc3)n2)cc1. The topological polar surface area (TPSA) is 81.8 Å². The molecule has 2 aliphatic heterocycles. The van der Waals surface area contributed by atoms with E-state index in [2.05, 4.69) is 51.0 Å². The Balaban J connectivity index is 1.07. The minimum atomic E-state index is -4.78. The van der Waals surface area contributed by atoms with Crippen LogP contribution >= 0.6 is 11.8 Å². The molecule has 8 nitrogen and oxygen atoms in total. The molecule has 0 radical (unpaired) electrons. The number of fused-ring (bicyclic) bond motifs is 3. The zero-order valence-electron chi connectivity index (χ0n) is 23.5. The zero-order chi connectivity index (χ0) is 31.0. The summed E-state index contributed by atoms with van der Waals surface area (Å²) in [5, 5.41) is 4.84. The smallest absolute Gasteiger partial charge is 0.444 e. The number of aromatic nitrogens is 3. The minimum Gasteiger partial charge on any atom is -0.444 e. The number of anilines is 1. The van der Waals surface area contributed by atoms with E-state index >= 15 is 0 Å². The molecule has 1 saturated heterocycles. The summed E-state index contributed by atoms with van der Waals surface area (Å²) in [5.41, 5.74) is 5.65. The van der Waals surface area contributed by atoms with Gasteiger partial charge in [-0.3, -0.25) is 4.90 Å². The highest BCUT2D eigenvalue weighted by atomic mass is 32.2. The van der Waals surface area contributed by atoms with Crippen LogP contribution < -0.4 is 9.64 Å². The van der Waals surface area contributed by atoms with Crippen molar-refractivity contribution in [1.29, 1.82) is 0 Å². The van der Waals surface area contributed by atoms with E-state index in [0.29, 0.717) is 33.6 Å². The Morgan fingerprint density at radius 2 is 1.86 bits per heavy atom. The highest BCUT2D eigenvalue weighted by Gasteiger charge is 2.34. The molecule has 1 aromatic heterocycles. The second-order valence-corrected chi connectivity index (χ2v) is 11.2. The summed E-state index contributed by atoms with van der Waals surface area (Å²) in [5.74, 6) is 0.906. The summed E-state index contributed by atoms with van der Waals surface area (Å²) in [4.78, 5) is 22.9. The monoisotopic (exact) mass is 623 g/mol. The van der Waals surface area contributed by atoms with Gasteiger partial charge in [0, 0.05) is 22.9 Å². The number of amidine groups is 1. The van der Waals surface area contributed by atoms with Crippen molar-refractivity contribution in [2.45, 2.75) is 32.3 Å². The van der Waals surface area contributed by atoms with E-state index in [4.69, 9.17) is 4.74 Å². The largest absolute Gasteiger partial charge is 0.573 e. The second kappa shape index (κ2) is 11.8. The number of alkyl halides is 4. The van der Waals surface area contributed by atoms with Gasteiger partial charge in [0.1, 0.15) is 18.7 Å². The van der Waals surface area contributed by atoms with Gasteiger partial charge in [-0.15, -0.1) is 18.3 Å². The van der Waals surface area contributed by atoms with Gasteiger partial charge in [-0.2, -0.15) is 4.99 Å². The quantitative estimate of drug-likeness (QED) is 0.202. The molecule has 0 N–H and O–H groups in total. The lowest BCUT2D eigenvalue weighted by molar-refractivity contribution is -0.274. The van der Waals surface area contributed by atoms with E-state index in [-0.39, 0.29) is 11.7 Å². The fourth-order valence-electron chi connectivity index (χ4n) is 4.98. The average Bonchev–Trinajstić information content (AvgIpc) is 3.63. The molecule has 2 aliphatic rings. The first kappa shape index (κ1) is 29.4. The molecular formula is C31H25F4N5O3S. The highest BCUT2D eigenvalue weighted by Crippen LogP contribution is 2.43. The van der Waals surface area contributed by atoms with Crippen molar-refractivity contribution in [2.24, 2.45) is 4.99 Å². The van der Waals surface area contributed by atoms with E-state index in [1.165, 1.54) is 47.0 Å². The van der Waals surface area contributed by atoms with Crippen LogP contribution in [0, 0.1) is 6.92 Å². The summed E-state index contributed by atoms with van der Waals surface area (Å²) >= 11 is 1.43. The number of hydrogen-bond acceptors (Lipinski definition) is 6. The first-order chi connectivity index (χ1) is 21.0. The Morgan fingerprint density at radius 1 is 1.11 bits per heavy atom. The van der Waals surface area contributed by atoms with Gasteiger partial charge in [-0.05, 0) is 53.9 Å². The Hall–Kier alpha value is -4.65. The first-order valence-corrected chi connectivity index (χ1v) is 14.5. The van der Waals surface area contributed by atoms with Crippen LogP contribution in [-0.2, 0) is 4.74 Å². The van der Waals surface area contributed by atoms with Gasteiger partial charge in [0.15, 0.2) is 17.2 Å². The molecule has 226 valence electrons. The zero-order valence-corrected chi connectivity index (χ0v) is 24.3. The lowest BCUT2D eigenvalue weighted by Crippen LogP contribution is -2.28. The van der Waals surface area contributed by atoms with Crippen molar-refractivity contribution in [1.82, 2.24) is 14.8 Å². The number of hydrogen-bond donors (Lipinski definition) is 0. The fraction of sp³-hybridized carbons (Fsp3) is 0.226. The van der Waals surface area contributed by atoms with Gasteiger partial charge in [0.2, 0.25) is 0 Å². The Morgan fingerprint density at radius 3 is 2.59 bits per heavy atom. The maximum atomic E-state index is 15.0. The summed E-state index contributed by atoms with van der Waals surface area (Å²) in [6, 6.07) is 17.7.